The number of amides is 3. The Morgan fingerprint density at radius 3 is 2.43 bits per heavy atom. The van der Waals surface area contributed by atoms with Crippen LogP contribution in [-0.4, -0.2) is 69.7 Å². The number of benzene rings is 2. The zero-order chi connectivity index (χ0) is 35.6. The number of aliphatic carboxylic acids is 1. The Morgan fingerprint density at radius 2 is 1.78 bits per heavy atom. The molecule has 12 nitrogen and oxygen atoms in total. The molecule has 1 saturated heterocycles. The van der Waals surface area contributed by atoms with Crippen molar-refractivity contribution in [3.63, 3.8) is 0 Å². The summed E-state index contributed by atoms with van der Waals surface area (Å²) in [5, 5.41) is 9.17. The fraction of sp³-hybridized carbons (Fsp3) is 0.297. The van der Waals surface area contributed by atoms with Gasteiger partial charge in [-0.05, 0) is 83.4 Å². The summed E-state index contributed by atoms with van der Waals surface area (Å²) in [6.07, 6.45) is 5.42. The van der Waals surface area contributed by atoms with Crippen molar-refractivity contribution in [2.24, 2.45) is 0 Å². The number of nitrogens with one attached hydrogen (secondary N) is 2. The second-order valence-corrected chi connectivity index (χ2v) is 12.3. The Morgan fingerprint density at radius 1 is 1.02 bits per heavy atom. The number of methoxy groups -OCH3 is 1. The minimum atomic E-state index is -0.892. The maximum Gasteiger partial charge on any atom is 0.426 e. The lowest BCUT2D eigenvalue weighted by Gasteiger charge is -2.29. The Hall–Kier alpha value is -5.96. The summed E-state index contributed by atoms with van der Waals surface area (Å²) in [7, 11) is 1.58. The van der Waals surface area contributed by atoms with E-state index in [0.717, 1.165) is 29.5 Å². The predicted molar refractivity (Wildman–Crippen MR) is 184 cm³/mol. The molecule has 1 unspecified atom stereocenters. The first-order valence-corrected chi connectivity index (χ1v) is 15.6. The highest BCUT2D eigenvalue weighted by atomic mass is 16.6. The fourth-order valence-corrected chi connectivity index (χ4v) is 4.96. The van der Waals surface area contributed by atoms with E-state index in [1.165, 1.54) is 10.5 Å². The molecule has 1 fully saturated rings. The van der Waals surface area contributed by atoms with Crippen LogP contribution in [0.1, 0.15) is 67.1 Å². The SMILES string of the molecule is COc1cc(-c2cc(C(=O)NNC(=O)OC(C)(C)C)c3cnccc3n2)ccc1C#Cc1ccc(C)cc1.O=CN1CCCCC1C(=O)O. The minimum Gasteiger partial charge on any atom is -0.495 e. The number of piperidine rings is 1. The van der Waals surface area contributed by atoms with E-state index in [4.69, 9.17) is 19.6 Å². The summed E-state index contributed by atoms with van der Waals surface area (Å²) in [4.78, 5) is 56.1. The molecule has 0 spiro atoms. The van der Waals surface area contributed by atoms with Gasteiger partial charge in [0, 0.05) is 35.5 Å². The van der Waals surface area contributed by atoms with Crippen LogP contribution in [0.4, 0.5) is 4.79 Å². The number of rotatable bonds is 5. The van der Waals surface area contributed by atoms with Crippen LogP contribution in [0.15, 0.2) is 67.0 Å². The lowest BCUT2D eigenvalue weighted by atomic mass is 10.0. The molecule has 3 amide bonds. The van der Waals surface area contributed by atoms with Gasteiger partial charge in [0.05, 0.1) is 29.4 Å². The quantitative estimate of drug-likeness (QED) is 0.147. The molecule has 3 N–H and O–H groups in total. The molecule has 5 rings (SSSR count). The highest BCUT2D eigenvalue weighted by Crippen LogP contribution is 2.29. The number of hydrogen-bond acceptors (Lipinski definition) is 8. The number of carbonyl (C=O) groups is 4. The number of fused-ring (bicyclic) bond motifs is 1. The lowest BCUT2D eigenvalue weighted by molar-refractivity contribution is -0.147. The van der Waals surface area contributed by atoms with Gasteiger partial charge in [-0.25, -0.2) is 20.0 Å². The lowest BCUT2D eigenvalue weighted by Crippen LogP contribution is -2.44. The van der Waals surface area contributed by atoms with Crippen LogP contribution in [0.2, 0.25) is 0 Å². The zero-order valence-corrected chi connectivity index (χ0v) is 28.1. The summed E-state index contributed by atoms with van der Waals surface area (Å²) < 4.78 is 10.8. The van der Waals surface area contributed by atoms with Gasteiger partial charge in [0.2, 0.25) is 6.41 Å². The summed E-state index contributed by atoms with van der Waals surface area (Å²) in [6.45, 7) is 7.81. The maximum absolute atomic E-state index is 13.1. The highest BCUT2D eigenvalue weighted by molar-refractivity contribution is 6.07. The Labute approximate surface area is 284 Å². The molecule has 4 aromatic rings. The number of ether oxygens (including phenoxy) is 2. The van der Waals surface area contributed by atoms with E-state index in [1.54, 1.807) is 52.4 Å². The van der Waals surface area contributed by atoms with Crippen molar-refractivity contribution < 1.29 is 33.8 Å². The third-order valence-electron chi connectivity index (χ3n) is 7.39. The molecule has 1 aliphatic heterocycles. The van der Waals surface area contributed by atoms with E-state index < -0.39 is 29.6 Å². The summed E-state index contributed by atoms with van der Waals surface area (Å²) >= 11 is 0. The topological polar surface area (TPSA) is 160 Å². The van der Waals surface area contributed by atoms with Gasteiger partial charge in [0.15, 0.2) is 0 Å². The first-order chi connectivity index (χ1) is 23.4. The van der Waals surface area contributed by atoms with Crippen molar-refractivity contribution in [2.75, 3.05) is 13.7 Å². The number of carboxylic acids is 1. The normalized spacial score (nSPS) is 13.9. The minimum absolute atomic E-state index is 0.288. The van der Waals surface area contributed by atoms with E-state index in [-0.39, 0.29) is 5.56 Å². The van der Waals surface area contributed by atoms with Crippen LogP contribution in [0.5, 0.6) is 5.75 Å². The summed E-state index contributed by atoms with van der Waals surface area (Å²) in [5.74, 6) is 5.47. The largest absolute Gasteiger partial charge is 0.495 e. The molecule has 3 heterocycles. The highest BCUT2D eigenvalue weighted by Gasteiger charge is 2.26. The second kappa shape index (κ2) is 16.2. The van der Waals surface area contributed by atoms with Gasteiger partial charge in [-0.3, -0.25) is 20.0 Å². The second-order valence-electron chi connectivity index (χ2n) is 12.3. The number of carboxylic acid groups (broad SMARTS) is 1. The van der Waals surface area contributed by atoms with E-state index in [1.807, 2.05) is 49.4 Å². The number of pyridine rings is 2. The van der Waals surface area contributed by atoms with Gasteiger partial charge in [0.25, 0.3) is 5.91 Å². The number of hydrazine groups is 1. The van der Waals surface area contributed by atoms with Gasteiger partial charge in [0.1, 0.15) is 17.4 Å². The number of aromatic nitrogens is 2. The van der Waals surface area contributed by atoms with Crippen molar-refractivity contribution in [3.8, 4) is 28.8 Å². The molecule has 254 valence electrons. The van der Waals surface area contributed by atoms with Gasteiger partial charge in [-0.1, -0.05) is 35.6 Å². The van der Waals surface area contributed by atoms with Gasteiger partial charge in [-0.15, -0.1) is 0 Å². The van der Waals surface area contributed by atoms with E-state index in [2.05, 4.69) is 27.7 Å². The van der Waals surface area contributed by atoms with Gasteiger partial charge >= 0.3 is 12.1 Å². The molecular formula is C37H39N5O7. The molecule has 0 bridgehead atoms. The Balaban J connectivity index is 0.000000418. The average Bonchev–Trinajstić information content (AvgIpc) is 3.09. The van der Waals surface area contributed by atoms with Crippen molar-refractivity contribution >= 4 is 35.3 Å². The number of hydrogen-bond donors (Lipinski definition) is 3. The molecule has 0 aliphatic carbocycles. The van der Waals surface area contributed by atoms with Crippen LogP contribution in [0.25, 0.3) is 22.2 Å². The van der Waals surface area contributed by atoms with Crippen molar-refractivity contribution in [3.05, 3.63) is 89.2 Å². The van der Waals surface area contributed by atoms with Crippen LogP contribution in [0.3, 0.4) is 0 Å². The summed E-state index contributed by atoms with van der Waals surface area (Å²) in [6, 6.07) is 16.3. The van der Waals surface area contributed by atoms with Crippen LogP contribution >= 0.6 is 0 Å². The van der Waals surface area contributed by atoms with Crippen LogP contribution in [-0.2, 0) is 14.3 Å². The van der Waals surface area contributed by atoms with Crippen molar-refractivity contribution in [1.82, 2.24) is 25.7 Å². The predicted octanol–water partition coefficient (Wildman–Crippen LogP) is 5.27. The molecule has 1 atom stereocenters. The third-order valence-corrected chi connectivity index (χ3v) is 7.39. The monoisotopic (exact) mass is 665 g/mol. The third kappa shape index (κ3) is 10.0. The van der Waals surface area contributed by atoms with Crippen molar-refractivity contribution in [2.45, 2.75) is 58.6 Å². The molecule has 2 aromatic carbocycles. The molecule has 12 heteroatoms. The number of aryl methyl sites for hydroxylation is 1. The standard InChI is InChI=1S/C30H28N4O4.C7H11NO3/c1-19-6-8-20(9-7-19)10-11-21-12-13-22(16-27(21)37-5)26-17-23(24-18-31-15-14-25(24)32-26)28(35)33-34-29(36)38-30(2,3)4;9-5-8-4-2-1-3-6(8)7(10)11/h6-9,12-18H,1-5H3,(H,33,35)(H,34,36);5-6H,1-4H2,(H,10,11). The van der Waals surface area contributed by atoms with E-state index >= 15 is 0 Å². The number of likely N-dealkylation sites (tertiary alicyclic amines) is 1. The van der Waals surface area contributed by atoms with Gasteiger partial charge < -0.3 is 19.5 Å². The van der Waals surface area contributed by atoms with E-state index in [9.17, 15) is 19.2 Å². The first kappa shape index (κ1) is 35.9. The molecule has 49 heavy (non-hydrogen) atoms. The number of nitrogens with zero attached hydrogens (tertiary/aromatic N) is 3. The fourth-order valence-electron chi connectivity index (χ4n) is 4.96. The Kier molecular flexibility index (Phi) is 11.9. The van der Waals surface area contributed by atoms with Crippen molar-refractivity contribution in [1.29, 1.82) is 0 Å². The summed E-state index contributed by atoms with van der Waals surface area (Å²) in [5.41, 5.74) is 8.91. The smallest absolute Gasteiger partial charge is 0.426 e. The molecule has 0 saturated carbocycles. The molecule has 0 radical (unpaired) electrons. The van der Waals surface area contributed by atoms with E-state index in [0.29, 0.717) is 41.7 Å². The molecular weight excluding hydrogens is 626 g/mol. The van der Waals surface area contributed by atoms with Gasteiger partial charge in [-0.2, -0.15) is 0 Å². The average molecular weight is 666 g/mol. The Bertz CT molecular complexity index is 1890. The molecule has 2 aromatic heterocycles. The molecule has 1 aliphatic rings. The first-order valence-electron chi connectivity index (χ1n) is 15.6. The zero-order valence-electron chi connectivity index (χ0n) is 28.1. The maximum atomic E-state index is 13.1. The number of carbonyl (C=O) groups excluding carboxylic acids is 3. The van der Waals surface area contributed by atoms with Crippen LogP contribution < -0.4 is 15.6 Å². The van der Waals surface area contributed by atoms with Crippen LogP contribution in [0, 0.1) is 18.8 Å².